The van der Waals surface area contributed by atoms with Gasteiger partial charge in [0.15, 0.2) is 5.84 Å². The van der Waals surface area contributed by atoms with Gasteiger partial charge in [0.2, 0.25) is 5.91 Å². The van der Waals surface area contributed by atoms with Gasteiger partial charge in [-0.1, -0.05) is 25.9 Å². The average Bonchev–Trinajstić information content (AvgIpc) is 2.76. The first-order chi connectivity index (χ1) is 8.02. The van der Waals surface area contributed by atoms with E-state index in [4.69, 9.17) is 10.9 Å². The maximum absolute atomic E-state index is 12.4. The molecular weight excluding hydrogens is 218 g/mol. The zero-order chi connectivity index (χ0) is 13.0. The van der Waals surface area contributed by atoms with Crippen molar-refractivity contribution in [1.82, 2.24) is 4.90 Å². The van der Waals surface area contributed by atoms with Crippen LogP contribution in [0.5, 0.6) is 0 Å². The topological polar surface area (TPSA) is 78.9 Å². The Kier molecular flexibility index (Phi) is 4.78. The number of likely N-dealkylation sites (tertiary alicyclic amines) is 1. The molecule has 0 aromatic heterocycles. The van der Waals surface area contributed by atoms with Crippen molar-refractivity contribution < 1.29 is 10.0 Å². The number of carbonyl (C=O) groups is 1. The molecule has 5 nitrogen and oxygen atoms in total. The molecule has 0 saturated carbocycles. The number of rotatable bonds is 4. The van der Waals surface area contributed by atoms with Gasteiger partial charge in [-0.2, -0.15) is 0 Å². The van der Waals surface area contributed by atoms with Gasteiger partial charge in [0.1, 0.15) is 5.92 Å². The van der Waals surface area contributed by atoms with E-state index in [1.807, 2.05) is 18.7 Å². The van der Waals surface area contributed by atoms with Crippen molar-refractivity contribution in [2.75, 3.05) is 6.54 Å². The molecule has 0 aromatic rings. The fourth-order valence-corrected chi connectivity index (χ4v) is 2.54. The predicted octanol–water partition coefficient (Wildman–Crippen LogP) is 1.41. The normalized spacial score (nSPS) is 23.2. The Morgan fingerprint density at radius 1 is 1.59 bits per heavy atom. The molecule has 1 amide bonds. The van der Waals surface area contributed by atoms with Crippen molar-refractivity contribution in [3.8, 4) is 0 Å². The Balaban J connectivity index is 2.85. The number of oxime groups is 1. The van der Waals surface area contributed by atoms with Crippen LogP contribution in [-0.2, 0) is 4.79 Å². The van der Waals surface area contributed by atoms with Crippen molar-refractivity contribution in [3.63, 3.8) is 0 Å². The van der Waals surface area contributed by atoms with E-state index in [1.165, 1.54) is 0 Å². The van der Waals surface area contributed by atoms with Crippen molar-refractivity contribution >= 4 is 11.7 Å². The number of nitrogens with two attached hydrogens (primary N) is 1. The molecule has 5 heteroatoms. The van der Waals surface area contributed by atoms with Crippen LogP contribution in [0, 0.1) is 11.8 Å². The maximum Gasteiger partial charge on any atom is 0.233 e. The quantitative estimate of drug-likeness (QED) is 0.338. The second-order valence-corrected chi connectivity index (χ2v) is 4.98. The lowest BCUT2D eigenvalue weighted by atomic mass is 9.93. The summed E-state index contributed by atoms with van der Waals surface area (Å²) >= 11 is 0. The summed E-state index contributed by atoms with van der Waals surface area (Å²) in [6.45, 7) is 6.71. The monoisotopic (exact) mass is 241 g/mol. The summed E-state index contributed by atoms with van der Waals surface area (Å²) in [6.07, 6.45) is 3.07. The molecule has 0 aromatic carbocycles. The SMILES string of the molecule is CCC1CCCN1C(=O)C(C(N)=NO)C(C)C. The third-order valence-electron chi connectivity index (χ3n) is 3.50. The van der Waals surface area contributed by atoms with Crippen LogP contribution in [0.15, 0.2) is 5.16 Å². The van der Waals surface area contributed by atoms with Gasteiger partial charge in [0, 0.05) is 12.6 Å². The first-order valence-electron chi connectivity index (χ1n) is 6.30. The minimum atomic E-state index is -0.507. The molecule has 2 atom stereocenters. The van der Waals surface area contributed by atoms with E-state index in [9.17, 15) is 4.79 Å². The van der Waals surface area contributed by atoms with Crippen LogP contribution < -0.4 is 5.73 Å². The molecule has 0 aliphatic carbocycles. The molecule has 1 saturated heterocycles. The highest BCUT2D eigenvalue weighted by atomic mass is 16.4. The number of amidine groups is 1. The van der Waals surface area contributed by atoms with Gasteiger partial charge in [-0.25, -0.2) is 0 Å². The summed E-state index contributed by atoms with van der Waals surface area (Å²) in [4.78, 5) is 14.3. The van der Waals surface area contributed by atoms with E-state index in [1.54, 1.807) is 0 Å². The van der Waals surface area contributed by atoms with Crippen molar-refractivity contribution in [2.45, 2.75) is 46.1 Å². The second kappa shape index (κ2) is 5.89. The number of hydrogen-bond donors (Lipinski definition) is 2. The van der Waals surface area contributed by atoms with Crippen molar-refractivity contribution in [2.24, 2.45) is 22.7 Å². The van der Waals surface area contributed by atoms with Crippen LogP contribution in [0.25, 0.3) is 0 Å². The molecule has 0 bridgehead atoms. The molecule has 1 aliphatic heterocycles. The third kappa shape index (κ3) is 2.90. The number of hydrogen-bond acceptors (Lipinski definition) is 3. The highest BCUT2D eigenvalue weighted by Gasteiger charge is 2.35. The van der Waals surface area contributed by atoms with Crippen LogP contribution >= 0.6 is 0 Å². The molecule has 0 radical (unpaired) electrons. The molecule has 0 spiro atoms. The van der Waals surface area contributed by atoms with Gasteiger partial charge in [0.25, 0.3) is 0 Å². The van der Waals surface area contributed by atoms with E-state index < -0.39 is 5.92 Å². The Hall–Kier alpha value is -1.26. The van der Waals surface area contributed by atoms with Crippen LogP contribution in [-0.4, -0.2) is 34.4 Å². The Morgan fingerprint density at radius 2 is 2.24 bits per heavy atom. The lowest BCUT2D eigenvalue weighted by Crippen LogP contribution is -2.46. The van der Waals surface area contributed by atoms with Crippen LogP contribution in [0.2, 0.25) is 0 Å². The largest absolute Gasteiger partial charge is 0.409 e. The minimum absolute atomic E-state index is 0.000324. The molecule has 98 valence electrons. The summed E-state index contributed by atoms with van der Waals surface area (Å²) < 4.78 is 0. The van der Waals surface area contributed by atoms with Gasteiger partial charge >= 0.3 is 0 Å². The lowest BCUT2D eigenvalue weighted by Gasteiger charge is -2.29. The highest BCUT2D eigenvalue weighted by Crippen LogP contribution is 2.24. The van der Waals surface area contributed by atoms with Gasteiger partial charge in [0.05, 0.1) is 0 Å². The summed E-state index contributed by atoms with van der Waals surface area (Å²) in [6, 6.07) is 0.315. The first kappa shape index (κ1) is 13.8. The Labute approximate surface area is 103 Å². The molecular formula is C12H23N3O2. The number of carbonyl (C=O) groups excluding carboxylic acids is 1. The van der Waals surface area contributed by atoms with Crippen molar-refractivity contribution in [3.05, 3.63) is 0 Å². The second-order valence-electron chi connectivity index (χ2n) is 4.98. The van der Waals surface area contributed by atoms with Crippen LogP contribution in [0.3, 0.4) is 0 Å². The Morgan fingerprint density at radius 3 is 2.71 bits per heavy atom. The summed E-state index contributed by atoms with van der Waals surface area (Å²) in [5, 5.41) is 11.8. The smallest absolute Gasteiger partial charge is 0.233 e. The maximum atomic E-state index is 12.4. The van der Waals surface area contributed by atoms with Crippen molar-refractivity contribution in [1.29, 1.82) is 0 Å². The fourth-order valence-electron chi connectivity index (χ4n) is 2.54. The zero-order valence-corrected chi connectivity index (χ0v) is 10.9. The lowest BCUT2D eigenvalue weighted by molar-refractivity contribution is -0.135. The van der Waals surface area contributed by atoms with Crippen LogP contribution in [0.1, 0.15) is 40.0 Å². The number of nitrogens with zero attached hydrogens (tertiary/aromatic N) is 2. The summed E-state index contributed by atoms with van der Waals surface area (Å²) in [5.41, 5.74) is 5.63. The average molecular weight is 241 g/mol. The van der Waals surface area contributed by atoms with Gasteiger partial charge in [-0.3, -0.25) is 4.79 Å². The Bertz CT molecular complexity index is 302. The van der Waals surface area contributed by atoms with E-state index in [2.05, 4.69) is 12.1 Å². The van der Waals surface area contributed by atoms with E-state index in [-0.39, 0.29) is 17.7 Å². The zero-order valence-electron chi connectivity index (χ0n) is 10.9. The highest BCUT2D eigenvalue weighted by molar-refractivity contribution is 6.02. The van der Waals surface area contributed by atoms with Gasteiger partial charge in [-0.05, 0) is 25.2 Å². The van der Waals surface area contributed by atoms with Gasteiger partial charge in [-0.15, -0.1) is 0 Å². The molecule has 17 heavy (non-hydrogen) atoms. The number of amides is 1. The molecule has 3 N–H and O–H groups in total. The summed E-state index contributed by atoms with van der Waals surface area (Å²) in [7, 11) is 0. The van der Waals surface area contributed by atoms with E-state index in [0.29, 0.717) is 6.04 Å². The fraction of sp³-hybridized carbons (Fsp3) is 0.833. The van der Waals surface area contributed by atoms with Crippen LogP contribution in [0.4, 0.5) is 0 Å². The molecule has 1 rings (SSSR count). The molecule has 2 unspecified atom stereocenters. The first-order valence-corrected chi connectivity index (χ1v) is 6.30. The third-order valence-corrected chi connectivity index (χ3v) is 3.50. The summed E-state index contributed by atoms with van der Waals surface area (Å²) in [5.74, 6) is -0.449. The molecule has 1 fully saturated rings. The standard InChI is InChI=1S/C12H23N3O2/c1-4-9-6-5-7-15(9)12(16)10(8(2)3)11(13)14-17/h8-10,17H,4-7H2,1-3H3,(H2,13,14). The van der Waals surface area contributed by atoms with Gasteiger partial charge < -0.3 is 15.8 Å². The molecule has 1 aliphatic rings. The minimum Gasteiger partial charge on any atom is -0.409 e. The van der Waals surface area contributed by atoms with E-state index in [0.717, 1.165) is 25.8 Å². The molecule has 1 heterocycles. The predicted molar refractivity (Wildman–Crippen MR) is 66.8 cm³/mol. The van der Waals surface area contributed by atoms with E-state index >= 15 is 0 Å².